The van der Waals surface area contributed by atoms with Crippen molar-refractivity contribution in [2.45, 2.75) is 31.7 Å². The molecule has 21 heavy (non-hydrogen) atoms. The first kappa shape index (κ1) is 14.4. The highest BCUT2D eigenvalue weighted by Crippen LogP contribution is 2.29. The summed E-state index contributed by atoms with van der Waals surface area (Å²) < 4.78 is 1.31. The third kappa shape index (κ3) is 2.65. The van der Waals surface area contributed by atoms with Crippen molar-refractivity contribution in [1.82, 2.24) is 9.55 Å². The number of benzene rings is 1. The summed E-state index contributed by atoms with van der Waals surface area (Å²) in [5, 5.41) is 0.650. The third-order valence-electron chi connectivity index (χ3n) is 3.91. The van der Waals surface area contributed by atoms with Gasteiger partial charge in [0.25, 0.3) is 5.56 Å². The fraction of sp³-hybridized carbons (Fsp3) is 0.333. The van der Waals surface area contributed by atoms with E-state index in [0.717, 1.165) is 25.7 Å². The SMILES string of the molecule is O=c1[nH]c(Cl)c(-c2ccc(Cl)cc2)c(=O)n1C1CCCC1. The summed E-state index contributed by atoms with van der Waals surface area (Å²) in [5.41, 5.74) is 0.199. The summed E-state index contributed by atoms with van der Waals surface area (Å²) in [6, 6.07) is 6.80. The Bertz CT molecular complexity index is 772. The largest absolute Gasteiger partial charge is 0.329 e. The van der Waals surface area contributed by atoms with Crippen LogP contribution in [0.1, 0.15) is 31.7 Å². The van der Waals surface area contributed by atoms with Gasteiger partial charge in [-0.2, -0.15) is 0 Å². The molecule has 4 nitrogen and oxygen atoms in total. The molecule has 1 N–H and O–H groups in total. The van der Waals surface area contributed by atoms with Crippen LogP contribution in [0, 0.1) is 0 Å². The van der Waals surface area contributed by atoms with Gasteiger partial charge in [0, 0.05) is 11.1 Å². The van der Waals surface area contributed by atoms with Gasteiger partial charge < -0.3 is 0 Å². The Morgan fingerprint density at radius 2 is 1.67 bits per heavy atom. The Balaban J connectivity index is 2.21. The van der Waals surface area contributed by atoms with E-state index in [1.165, 1.54) is 4.57 Å². The summed E-state index contributed by atoms with van der Waals surface area (Å²) in [6.45, 7) is 0. The molecule has 3 rings (SSSR count). The minimum atomic E-state index is -0.436. The van der Waals surface area contributed by atoms with Crippen molar-refractivity contribution >= 4 is 23.2 Å². The van der Waals surface area contributed by atoms with E-state index in [9.17, 15) is 9.59 Å². The highest BCUT2D eigenvalue weighted by atomic mass is 35.5. The predicted octanol–water partition coefficient (Wildman–Crippen LogP) is 3.63. The smallest absolute Gasteiger partial charge is 0.297 e. The van der Waals surface area contributed by atoms with E-state index in [4.69, 9.17) is 23.2 Å². The van der Waals surface area contributed by atoms with Gasteiger partial charge in [-0.1, -0.05) is 48.2 Å². The topological polar surface area (TPSA) is 54.9 Å². The van der Waals surface area contributed by atoms with Crippen molar-refractivity contribution in [3.63, 3.8) is 0 Å². The van der Waals surface area contributed by atoms with E-state index >= 15 is 0 Å². The van der Waals surface area contributed by atoms with Gasteiger partial charge in [0.1, 0.15) is 5.15 Å². The molecule has 2 aromatic rings. The number of aromatic amines is 1. The number of H-pyrrole nitrogens is 1. The number of hydrogen-bond acceptors (Lipinski definition) is 2. The third-order valence-corrected chi connectivity index (χ3v) is 4.45. The van der Waals surface area contributed by atoms with Crippen LogP contribution in [-0.4, -0.2) is 9.55 Å². The summed E-state index contributed by atoms with van der Waals surface area (Å²) >= 11 is 12.0. The molecule has 110 valence electrons. The van der Waals surface area contributed by atoms with Crippen LogP contribution >= 0.6 is 23.2 Å². The van der Waals surface area contributed by atoms with Gasteiger partial charge in [0.15, 0.2) is 0 Å². The first-order chi connectivity index (χ1) is 10.1. The van der Waals surface area contributed by atoms with Crippen LogP contribution in [-0.2, 0) is 0 Å². The Morgan fingerprint density at radius 1 is 1.05 bits per heavy atom. The van der Waals surface area contributed by atoms with Crippen molar-refractivity contribution in [2.75, 3.05) is 0 Å². The fourth-order valence-corrected chi connectivity index (χ4v) is 3.28. The number of nitrogens with one attached hydrogen (secondary N) is 1. The summed E-state index contributed by atoms with van der Waals surface area (Å²) in [5.74, 6) is 0. The van der Waals surface area contributed by atoms with E-state index in [2.05, 4.69) is 4.98 Å². The number of rotatable bonds is 2. The van der Waals surface area contributed by atoms with Gasteiger partial charge in [0.05, 0.1) is 5.56 Å². The molecule has 0 bridgehead atoms. The van der Waals surface area contributed by atoms with E-state index in [0.29, 0.717) is 16.1 Å². The zero-order chi connectivity index (χ0) is 15.0. The molecular weight excluding hydrogens is 311 g/mol. The molecule has 1 aliphatic rings. The molecule has 0 aliphatic heterocycles. The number of halogens is 2. The van der Waals surface area contributed by atoms with Crippen LogP contribution in [0.25, 0.3) is 11.1 Å². The quantitative estimate of drug-likeness (QED) is 0.857. The summed E-state index contributed by atoms with van der Waals surface area (Å²) in [4.78, 5) is 27.4. The maximum absolute atomic E-state index is 12.7. The standard InChI is InChI=1S/C15H14Cl2N2O2/c16-10-7-5-9(6-8-10)12-13(17)18-15(21)19(14(12)20)11-3-1-2-4-11/h5-8,11H,1-4H2,(H,18,21). The zero-order valence-corrected chi connectivity index (χ0v) is 12.7. The monoisotopic (exact) mass is 324 g/mol. The Hall–Kier alpha value is -1.52. The highest BCUT2D eigenvalue weighted by molar-refractivity contribution is 6.32. The maximum Gasteiger partial charge on any atom is 0.329 e. The van der Waals surface area contributed by atoms with Gasteiger partial charge >= 0.3 is 5.69 Å². The average Bonchev–Trinajstić information content (AvgIpc) is 2.94. The first-order valence-electron chi connectivity index (χ1n) is 6.88. The van der Waals surface area contributed by atoms with Crippen LogP contribution in [0.4, 0.5) is 0 Å². The first-order valence-corrected chi connectivity index (χ1v) is 7.64. The minimum Gasteiger partial charge on any atom is -0.297 e. The number of hydrogen-bond donors (Lipinski definition) is 1. The Kier molecular flexibility index (Phi) is 3.91. The number of nitrogens with zero attached hydrogens (tertiary/aromatic N) is 1. The molecule has 1 saturated carbocycles. The lowest BCUT2D eigenvalue weighted by molar-refractivity contribution is 0.480. The van der Waals surface area contributed by atoms with E-state index < -0.39 is 5.69 Å². The highest BCUT2D eigenvalue weighted by Gasteiger charge is 2.23. The van der Waals surface area contributed by atoms with Crippen molar-refractivity contribution in [2.24, 2.45) is 0 Å². The van der Waals surface area contributed by atoms with Crippen molar-refractivity contribution in [3.8, 4) is 11.1 Å². The van der Waals surface area contributed by atoms with Crippen LogP contribution < -0.4 is 11.2 Å². The van der Waals surface area contributed by atoms with Crippen molar-refractivity contribution < 1.29 is 0 Å². The second kappa shape index (κ2) is 5.70. The molecule has 1 aromatic carbocycles. The van der Waals surface area contributed by atoms with Gasteiger partial charge in [-0.15, -0.1) is 0 Å². The van der Waals surface area contributed by atoms with Crippen molar-refractivity contribution in [1.29, 1.82) is 0 Å². The molecule has 1 aromatic heterocycles. The molecule has 0 radical (unpaired) electrons. The molecule has 6 heteroatoms. The second-order valence-corrected chi connectivity index (χ2v) is 6.05. The summed E-state index contributed by atoms with van der Waals surface area (Å²) in [7, 11) is 0. The van der Waals surface area contributed by atoms with Crippen LogP contribution in [0.5, 0.6) is 0 Å². The lowest BCUT2D eigenvalue weighted by atomic mass is 10.1. The molecule has 0 atom stereocenters. The molecule has 0 spiro atoms. The van der Waals surface area contributed by atoms with E-state index in [1.54, 1.807) is 24.3 Å². The molecule has 0 amide bonds. The average molecular weight is 325 g/mol. The lowest BCUT2D eigenvalue weighted by Crippen LogP contribution is -2.38. The summed E-state index contributed by atoms with van der Waals surface area (Å²) in [6.07, 6.45) is 3.78. The Morgan fingerprint density at radius 3 is 2.29 bits per heavy atom. The molecule has 1 heterocycles. The van der Waals surface area contributed by atoms with Crippen LogP contribution in [0.15, 0.2) is 33.9 Å². The lowest BCUT2D eigenvalue weighted by Gasteiger charge is -2.14. The Labute approximate surface area is 131 Å². The maximum atomic E-state index is 12.7. The fourth-order valence-electron chi connectivity index (χ4n) is 2.88. The van der Waals surface area contributed by atoms with E-state index in [-0.39, 0.29) is 16.8 Å². The predicted molar refractivity (Wildman–Crippen MR) is 84.3 cm³/mol. The van der Waals surface area contributed by atoms with Crippen LogP contribution in [0.2, 0.25) is 10.2 Å². The second-order valence-electron chi connectivity index (χ2n) is 5.24. The van der Waals surface area contributed by atoms with Crippen molar-refractivity contribution in [3.05, 3.63) is 55.3 Å². The van der Waals surface area contributed by atoms with Gasteiger partial charge in [-0.3, -0.25) is 14.3 Å². The van der Waals surface area contributed by atoms with Gasteiger partial charge in [-0.05, 0) is 30.5 Å². The molecular formula is C15H14Cl2N2O2. The molecule has 1 fully saturated rings. The minimum absolute atomic E-state index is 0.0374. The number of aromatic nitrogens is 2. The van der Waals surface area contributed by atoms with Crippen LogP contribution in [0.3, 0.4) is 0 Å². The van der Waals surface area contributed by atoms with Gasteiger partial charge in [0.2, 0.25) is 0 Å². The van der Waals surface area contributed by atoms with Gasteiger partial charge in [-0.25, -0.2) is 4.79 Å². The molecule has 0 saturated heterocycles. The molecule has 0 unspecified atom stereocenters. The van der Waals surface area contributed by atoms with E-state index in [1.807, 2.05) is 0 Å². The normalized spacial score (nSPS) is 15.5. The zero-order valence-electron chi connectivity index (χ0n) is 11.2. The molecule has 1 aliphatic carbocycles.